The molecule has 0 rings (SSSR count). The molecule has 0 saturated carbocycles. The molecule has 0 aliphatic rings. The van der Waals surface area contributed by atoms with Crippen molar-refractivity contribution in [2.75, 3.05) is 37.7 Å². The Hall–Kier alpha value is 0.270. The highest BCUT2D eigenvalue weighted by Crippen LogP contribution is 2.00. The van der Waals surface area contributed by atoms with Crippen LogP contribution in [0.25, 0.3) is 0 Å². The number of hydrogen-bond acceptors (Lipinski definition) is 3. The molecule has 0 heterocycles. The van der Waals surface area contributed by atoms with Crippen molar-refractivity contribution in [1.82, 2.24) is 10.2 Å². The Labute approximate surface area is 100 Å². The maximum absolute atomic E-state index is 3.59. The Balaban J connectivity index is 3.35. The second-order valence-electron chi connectivity index (χ2n) is 3.89. The fourth-order valence-corrected chi connectivity index (χ4v) is 2.24. The van der Waals surface area contributed by atoms with E-state index in [4.69, 9.17) is 0 Å². The number of likely N-dealkylation sites (N-methyl/N-ethyl adjacent to an activating group) is 1. The summed E-state index contributed by atoms with van der Waals surface area (Å²) in [7, 11) is 0. The molecule has 3 heteroatoms. The van der Waals surface area contributed by atoms with Crippen molar-refractivity contribution in [1.29, 1.82) is 0 Å². The molecule has 1 atom stereocenters. The maximum atomic E-state index is 3.59. The number of hydrogen-bond donors (Lipinski definition) is 1. The van der Waals surface area contributed by atoms with E-state index in [0.29, 0.717) is 6.04 Å². The van der Waals surface area contributed by atoms with Gasteiger partial charge >= 0.3 is 0 Å². The van der Waals surface area contributed by atoms with Gasteiger partial charge in [-0.1, -0.05) is 20.8 Å². The van der Waals surface area contributed by atoms with E-state index < -0.39 is 0 Å². The lowest BCUT2D eigenvalue weighted by atomic mass is 10.3. The molecular weight excluding hydrogens is 204 g/mol. The predicted octanol–water partition coefficient (Wildman–Crippen LogP) is 2.45. The van der Waals surface area contributed by atoms with Gasteiger partial charge in [0.25, 0.3) is 0 Å². The zero-order valence-electron chi connectivity index (χ0n) is 10.9. The Morgan fingerprint density at radius 3 is 2.40 bits per heavy atom. The van der Waals surface area contributed by atoms with Crippen LogP contribution < -0.4 is 5.32 Å². The minimum atomic E-state index is 0.622. The molecule has 0 aromatic carbocycles. The Bertz CT molecular complexity index is 127. The van der Waals surface area contributed by atoms with Crippen molar-refractivity contribution in [3.8, 4) is 0 Å². The van der Waals surface area contributed by atoms with Crippen molar-refractivity contribution in [3.05, 3.63) is 0 Å². The summed E-state index contributed by atoms with van der Waals surface area (Å²) in [5.41, 5.74) is 0. The van der Waals surface area contributed by atoms with Crippen molar-refractivity contribution in [2.45, 2.75) is 40.2 Å². The van der Waals surface area contributed by atoms with Crippen LogP contribution in [0.5, 0.6) is 0 Å². The molecule has 0 aliphatic heterocycles. The van der Waals surface area contributed by atoms with E-state index in [2.05, 4.69) is 37.9 Å². The maximum Gasteiger partial charge on any atom is 0.0166 e. The van der Waals surface area contributed by atoms with Crippen LogP contribution in [0, 0.1) is 0 Å². The van der Waals surface area contributed by atoms with E-state index in [1.165, 1.54) is 24.5 Å². The zero-order valence-corrected chi connectivity index (χ0v) is 11.7. The van der Waals surface area contributed by atoms with E-state index in [-0.39, 0.29) is 0 Å². The first-order chi connectivity index (χ1) is 7.24. The van der Waals surface area contributed by atoms with Gasteiger partial charge in [-0.05, 0) is 44.5 Å². The molecule has 0 aromatic heterocycles. The van der Waals surface area contributed by atoms with E-state index in [9.17, 15) is 0 Å². The first-order valence-electron chi connectivity index (χ1n) is 6.28. The fourth-order valence-electron chi connectivity index (χ4n) is 1.60. The number of nitrogens with one attached hydrogen (secondary N) is 1. The van der Waals surface area contributed by atoms with Crippen LogP contribution >= 0.6 is 11.8 Å². The monoisotopic (exact) mass is 232 g/mol. The molecule has 0 spiro atoms. The predicted molar refractivity (Wildman–Crippen MR) is 72.9 cm³/mol. The van der Waals surface area contributed by atoms with Gasteiger partial charge < -0.3 is 10.2 Å². The van der Waals surface area contributed by atoms with Crippen LogP contribution in [0.3, 0.4) is 0 Å². The highest BCUT2D eigenvalue weighted by Gasteiger charge is 2.05. The first kappa shape index (κ1) is 15.3. The van der Waals surface area contributed by atoms with Gasteiger partial charge in [-0.2, -0.15) is 11.8 Å². The van der Waals surface area contributed by atoms with E-state index >= 15 is 0 Å². The molecule has 0 amide bonds. The SMILES string of the molecule is CCSCCCNC(C)CN(CC)CC. The van der Waals surface area contributed by atoms with Crippen LogP contribution in [0.4, 0.5) is 0 Å². The Morgan fingerprint density at radius 2 is 1.87 bits per heavy atom. The third-order valence-corrected chi connectivity index (χ3v) is 3.57. The van der Waals surface area contributed by atoms with Crippen LogP contribution in [0.15, 0.2) is 0 Å². The smallest absolute Gasteiger partial charge is 0.0166 e. The highest BCUT2D eigenvalue weighted by atomic mass is 32.2. The minimum absolute atomic E-state index is 0.622. The van der Waals surface area contributed by atoms with Gasteiger partial charge in [-0.15, -0.1) is 0 Å². The summed E-state index contributed by atoms with van der Waals surface area (Å²) in [5, 5.41) is 3.59. The average Bonchev–Trinajstić information content (AvgIpc) is 2.25. The van der Waals surface area contributed by atoms with Crippen LogP contribution in [-0.4, -0.2) is 48.6 Å². The third-order valence-electron chi connectivity index (χ3n) is 2.59. The summed E-state index contributed by atoms with van der Waals surface area (Å²) in [6.45, 7) is 13.6. The first-order valence-corrected chi connectivity index (χ1v) is 7.43. The second-order valence-corrected chi connectivity index (χ2v) is 5.29. The van der Waals surface area contributed by atoms with Crippen LogP contribution in [0.2, 0.25) is 0 Å². The molecule has 92 valence electrons. The lowest BCUT2D eigenvalue weighted by Crippen LogP contribution is -2.39. The summed E-state index contributed by atoms with van der Waals surface area (Å²) < 4.78 is 0. The highest BCUT2D eigenvalue weighted by molar-refractivity contribution is 7.99. The van der Waals surface area contributed by atoms with E-state index in [1.54, 1.807) is 0 Å². The molecule has 0 fully saturated rings. The van der Waals surface area contributed by atoms with Gasteiger partial charge in [0.2, 0.25) is 0 Å². The Morgan fingerprint density at radius 1 is 1.20 bits per heavy atom. The van der Waals surface area contributed by atoms with Gasteiger partial charge in [-0.25, -0.2) is 0 Å². The van der Waals surface area contributed by atoms with Gasteiger partial charge in [0.1, 0.15) is 0 Å². The average molecular weight is 232 g/mol. The number of thioether (sulfide) groups is 1. The Kier molecular flexibility index (Phi) is 11.0. The van der Waals surface area contributed by atoms with Gasteiger partial charge in [0.05, 0.1) is 0 Å². The molecule has 15 heavy (non-hydrogen) atoms. The molecule has 0 bridgehead atoms. The molecule has 0 saturated heterocycles. The van der Waals surface area contributed by atoms with Crippen LogP contribution in [-0.2, 0) is 0 Å². The quantitative estimate of drug-likeness (QED) is 0.583. The van der Waals surface area contributed by atoms with Crippen molar-refractivity contribution < 1.29 is 0 Å². The summed E-state index contributed by atoms with van der Waals surface area (Å²) in [6, 6.07) is 0.622. The molecule has 0 aromatic rings. The fraction of sp³-hybridized carbons (Fsp3) is 1.00. The molecule has 1 N–H and O–H groups in total. The molecule has 1 unspecified atom stereocenters. The molecular formula is C12H28N2S. The zero-order chi connectivity index (χ0) is 11.5. The normalized spacial score (nSPS) is 13.4. The number of nitrogens with zero attached hydrogens (tertiary/aromatic N) is 1. The topological polar surface area (TPSA) is 15.3 Å². The lowest BCUT2D eigenvalue weighted by Gasteiger charge is -2.23. The minimum Gasteiger partial charge on any atom is -0.313 e. The van der Waals surface area contributed by atoms with Crippen LogP contribution in [0.1, 0.15) is 34.1 Å². The summed E-state index contributed by atoms with van der Waals surface area (Å²) in [4.78, 5) is 2.47. The van der Waals surface area contributed by atoms with Gasteiger partial charge in [-0.3, -0.25) is 0 Å². The summed E-state index contributed by atoms with van der Waals surface area (Å²) in [6.07, 6.45) is 1.29. The van der Waals surface area contributed by atoms with Crippen molar-refractivity contribution in [2.24, 2.45) is 0 Å². The van der Waals surface area contributed by atoms with Crippen molar-refractivity contribution >= 4 is 11.8 Å². The molecule has 0 aliphatic carbocycles. The van der Waals surface area contributed by atoms with Crippen molar-refractivity contribution in [3.63, 3.8) is 0 Å². The van der Waals surface area contributed by atoms with Gasteiger partial charge in [0, 0.05) is 12.6 Å². The lowest BCUT2D eigenvalue weighted by molar-refractivity contribution is 0.271. The largest absolute Gasteiger partial charge is 0.313 e. The molecule has 0 radical (unpaired) electrons. The third kappa shape index (κ3) is 9.21. The summed E-state index contributed by atoms with van der Waals surface area (Å²) in [5.74, 6) is 2.54. The van der Waals surface area contributed by atoms with E-state index in [1.807, 2.05) is 11.8 Å². The van der Waals surface area contributed by atoms with E-state index in [0.717, 1.165) is 19.6 Å². The molecule has 2 nitrogen and oxygen atoms in total. The number of rotatable bonds is 10. The second kappa shape index (κ2) is 10.8. The van der Waals surface area contributed by atoms with Gasteiger partial charge in [0.15, 0.2) is 0 Å². The summed E-state index contributed by atoms with van der Waals surface area (Å²) >= 11 is 2.03. The standard InChI is InChI=1S/C12H28N2S/c1-5-14(6-2)11-12(4)13-9-8-10-15-7-3/h12-13H,5-11H2,1-4H3.